The molecule has 9 atom stereocenters. The zero-order valence-corrected chi connectivity index (χ0v) is 22.8. The van der Waals surface area contributed by atoms with E-state index in [2.05, 4.69) is 47.6 Å². The van der Waals surface area contributed by atoms with E-state index in [1.54, 1.807) is 12.5 Å². The fourth-order valence-electron chi connectivity index (χ4n) is 9.63. The summed E-state index contributed by atoms with van der Waals surface area (Å²) in [5, 5.41) is 0. The SMILES string of the molecule is CC[C@H](CC[C@@H](C)[C@H]1CC[C@@H]2[C@@H]3CC=C4C[C@@H](OC(C)=O)CC[C@]4(C)[C@@H]3CC[C@@]21C)C(C)C. The summed E-state index contributed by atoms with van der Waals surface area (Å²) in [6.07, 6.45) is 17.2. The van der Waals surface area contributed by atoms with E-state index in [0.29, 0.717) is 10.8 Å². The van der Waals surface area contributed by atoms with Gasteiger partial charge in [0.15, 0.2) is 0 Å². The Balaban J connectivity index is 1.46. The van der Waals surface area contributed by atoms with Crippen LogP contribution >= 0.6 is 0 Å². The van der Waals surface area contributed by atoms with E-state index in [9.17, 15) is 4.79 Å². The van der Waals surface area contributed by atoms with E-state index in [1.165, 1.54) is 57.8 Å². The summed E-state index contributed by atoms with van der Waals surface area (Å²) < 4.78 is 5.63. The van der Waals surface area contributed by atoms with Gasteiger partial charge < -0.3 is 4.74 Å². The van der Waals surface area contributed by atoms with E-state index in [4.69, 9.17) is 4.74 Å². The van der Waals surface area contributed by atoms with Gasteiger partial charge in [-0.2, -0.15) is 0 Å². The molecule has 188 valence electrons. The summed E-state index contributed by atoms with van der Waals surface area (Å²) in [6.45, 7) is 16.6. The van der Waals surface area contributed by atoms with Gasteiger partial charge in [-0.05, 0) is 104 Å². The average molecular weight is 457 g/mol. The lowest BCUT2D eigenvalue weighted by Crippen LogP contribution is -2.51. The molecule has 2 heteroatoms. The Kier molecular flexibility index (Phi) is 7.43. The maximum Gasteiger partial charge on any atom is 0.302 e. The van der Waals surface area contributed by atoms with Crippen molar-refractivity contribution >= 4 is 5.97 Å². The second-order valence-electron chi connectivity index (χ2n) is 13.4. The monoisotopic (exact) mass is 456 g/mol. The van der Waals surface area contributed by atoms with Crippen LogP contribution in [0, 0.1) is 52.3 Å². The van der Waals surface area contributed by atoms with Crippen molar-refractivity contribution in [1.82, 2.24) is 0 Å². The summed E-state index contributed by atoms with van der Waals surface area (Å²) in [7, 11) is 0. The lowest BCUT2D eigenvalue weighted by Gasteiger charge is -2.58. The van der Waals surface area contributed by atoms with Crippen molar-refractivity contribution < 1.29 is 9.53 Å². The molecule has 0 aromatic heterocycles. The van der Waals surface area contributed by atoms with Gasteiger partial charge in [-0.25, -0.2) is 0 Å². The van der Waals surface area contributed by atoms with Gasteiger partial charge in [-0.1, -0.05) is 66.0 Å². The van der Waals surface area contributed by atoms with E-state index in [-0.39, 0.29) is 12.1 Å². The highest BCUT2D eigenvalue weighted by atomic mass is 16.5. The molecule has 2 nitrogen and oxygen atoms in total. The Bertz CT molecular complexity index is 737. The molecule has 0 radical (unpaired) electrons. The van der Waals surface area contributed by atoms with Crippen molar-refractivity contribution in [2.24, 2.45) is 52.3 Å². The number of carbonyl (C=O) groups excluding carboxylic acids is 1. The van der Waals surface area contributed by atoms with Crippen LogP contribution in [0.5, 0.6) is 0 Å². The van der Waals surface area contributed by atoms with Crippen LogP contribution in [0.4, 0.5) is 0 Å². The number of fused-ring (bicyclic) bond motifs is 5. The minimum atomic E-state index is -0.115. The Morgan fingerprint density at radius 1 is 1.06 bits per heavy atom. The molecule has 0 aromatic rings. The molecule has 0 heterocycles. The third kappa shape index (κ3) is 4.58. The number of hydrogen-bond donors (Lipinski definition) is 0. The molecule has 0 N–H and O–H groups in total. The highest BCUT2D eigenvalue weighted by molar-refractivity contribution is 5.66. The zero-order valence-electron chi connectivity index (χ0n) is 22.8. The van der Waals surface area contributed by atoms with Gasteiger partial charge in [0.25, 0.3) is 0 Å². The van der Waals surface area contributed by atoms with E-state index in [1.807, 2.05) is 0 Å². The first kappa shape index (κ1) is 25.3. The number of carbonyl (C=O) groups is 1. The van der Waals surface area contributed by atoms with Crippen molar-refractivity contribution in [3.8, 4) is 0 Å². The topological polar surface area (TPSA) is 26.3 Å². The number of hydrogen-bond acceptors (Lipinski definition) is 2. The summed E-state index contributed by atoms with van der Waals surface area (Å²) in [5.74, 6) is 6.03. The molecule has 0 bridgehead atoms. The van der Waals surface area contributed by atoms with Crippen molar-refractivity contribution in [3.63, 3.8) is 0 Å². The molecule has 4 rings (SSSR count). The molecule has 33 heavy (non-hydrogen) atoms. The van der Waals surface area contributed by atoms with Crippen molar-refractivity contribution in [2.45, 2.75) is 125 Å². The molecule has 0 amide bonds. The maximum absolute atomic E-state index is 11.5. The highest BCUT2D eigenvalue weighted by Crippen LogP contribution is 2.67. The number of rotatable bonds is 7. The molecule has 0 saturated heterocycles. The molecule has 0 aromatic carbocycles. The van der Waals surface area contributed by atoms with Crippen LogP contribution in [0.2, 0.25) is 0 Å². The van der Waals surface area contributed by atoms with Crippen molar-refractivity contribution in [2.75, 3.05) is 0 Å². The molecular formula is C31H52O2. The molecule has 4 aliphatic rings. The minimum absolute atomic E-state index is 0.113. The third-order valence-corrected chi connectivity index (χ3v) is 11.6. The van der Waals surface area contributed by atoms with Crippen LogP contribution in [0.15, 0.2) is 11.6 Å². The second kappa shape index (κ2) is 9.69. The molecule has 3 fully saturated rings. The number of ether oxygens (including phenoxy) is 1. The molecule has 0 spiro atoms. The lowest BCUT2D eigenvalue weighted by atomic mass is 9.47. The van der Waals surface area contributed by atoms with Crippen LogP contribution in [0.1, 0.15) is 119 Å². The Labute approximate surface area is 204 Å². The molecule has 0 unspecified atom stereocenters. The summed E-state index contributed by atoms with van der Waals surface area (Å²) >= 11 is 0. The smallest absolute Gasteiger partial charge is 0.302 e. The van der Waals surface area contributed by atoms with Crippen molar-refractivity contribution in [1.29, 1.82) is 0 Å². The highest BCUT2D eigenvalue weighted by Gasteiger charge is 2.59. The first-order valence-electron chi connectivity index (χ1n) is 14.5. The molecule has 3 saturated carbocycles. The van der Waals surface area contributed by atoms with Crippen LogP contribution in [-0.2, 0) is 9.53 Å². The van der Waals surface area contributed by atoms with Gasteiger partial charge in [-0.15, -0.1) is 0 Å². The predicted molar refractivity (Wildman–Crippen MR) is 138 cm³/mol. The quantitative estimate of drug-likeness (QED) is 0.283. The van der Waals surface area contributed by atoms with Crippen LogP contribution in [-0.4, -0.2) is 12.1 Å². The van der Waals surface area contributed by atoms with Crippen LogP contribution in [0.25, 0.3) is 0 Å². The molecule has 4 aliphatic carbocycles. The van der Waals surface area contributed by atoms with Gasteiger partial charge in [-0.3, -0.25) is 4.79 Å². The lowest BCUT2D eigenvalue weighted by molar-refractivity contribution is -0.148. The maximum atomic E-state index is 11.5. The van der Waals surface area contributed by atoms with E-state index in [0.717, 1.165) is 54.3 Å². The first-order chi connectivity index (χ1) is 15.6. The van der Waals surface area contributed by atoms with Crippen LogP contribution in [0.3, 0.4) is 0 Å². The normalized spacial score (nSPS) is 42.1. The number of allylic oxidation sites excluding steroid dienone is 1. The molecular weight excluding hydrogens is 404 g/mol. The Morgan fingerprint density at radius 2 is 1.82 bits per heavy atom. The van der Waals surface area contributed by atoms with E-state index < -0.39 is 0 Å². The summed E-state index contributed by atoms with van der Waals surface area (Å²) in [4.78, 5) is 11.5. The fraction of sp³-hybridized carbons (Fsp3) is 0.903. The van der Waals surface area contributed by atoms with Gasteiger partial charge in [0.2, 0.25) is 0 Å². The van der Waals surface area contributed by atoms with Gasteiger partial charge in [0.05, 0.1) is 0 Å². The molecule has 0 aliphatic heterocycles. The second-order valence-corrected chi connectivity index (χ2v) is 13.4. The van der Waals surface area contributed by atoms with Gasteiger partial charge in [0, 0.05) is 13.3 Å². The first-order valence-corrected chi connectivity index (χ1v) is 14.5. The fourth-order valence-corrected chi connectivity index (χ4v) is 9.63. The van der Waals surface area contributed by atoms with Crippen LogP contribution < -0.4 is 0 Å². The van der Waals surface area contributed by atoms with Gasteiger partial charge in [0.1, 0.15) is 6.10 Å². The third-order valence-electron chi connectivity index (χ3n) is 11.6. The minimum Gasteiger partial charge on any atom is -0.462 e. The van der Waals surface area contributed by atoms with Crippen molar-refractivity contribution in [3.05, 3.63) is 11.6 Å². The predicted octanol–water partition coefficient (Wildman–Crippen LogP) is 8.60. The Morgan fingerprint density at radius 3 is 2.48 bits per heavy atom. The Hall–Kier alpha value is -0.790. The largest absolute Gasteiger partial charge is 0.462 e. The average Bonchev–Trinajstić information content (AvgIpc) is 3.11. The number of esters is 1. The zero-order chi connectivity index (χ0) is 24.0. The van der Waals surface area contributed by atoms with Gasteiger partial charge >= 0.3 is 5.97 Å². The van der Waals surface area contributed by atoms with E-state index >= 15 is 0 Å². The summed E-state index contributed by atoms with van der Waals surface area (Å²) in [6, 6.07) is 0. The summed E-state index contributed by atoms with van der Waals surface area (Å²) in [5.41, 5.74) is 2.51. The standard InChI is InChI=1S/C31H52O2/c1-8-23(20(2)3)10-9-21(4)27-13-14-28-26-12-11-24-19-25(33-22(5)32)15-17-30(24,6)29(26)16-18-31(27,28)7/h11,20-21,23,25-29H,8-10,12-19H2,1-7H3/t21-,23-,25+,26+,27-,28-,29-,30+,31-/m1/s1.